The van der Waals surface area contributed by atoms with Crippen LogP contribution in [0, 0.1) is 34.5 Å². The maximum atomic E-state index is 4.18. The van der Waals surface area contributed by atoms with Crippen molar-refractivity contribution in [3.63, 3.8) is 0 Å². The normalized spacial score (nSPS) is 37.4. The van der Waals surface area contributed by atoms with Crippen molar-refractivity contribution in [2.24, 2.45) is 44.5 Å². The molecule has 2 fully saturated rings. The van der Waals surface area contributed by atoms with E-state index in [0.717, 1.165) is 36.8 Å². The average Bonchev–Trinajstić information content (AvgIpc) is 2.90. The Morgan fingerprint density at radius 2 is 1.05 bits per heavy atom. The van der Waals surface area contributed by atoms with Gasteiger partial charge in [-0.15, -0.1) is 0 Å². The summed E-state index contributed by atoms with van der Waals surface area (Å²) in [6, 6.07) is 0. The number of rotatable bonds is 0. The lowest BCUT2D eigenvalue weighted by Gasteiger charge is -2.00. The van der Waals surface area contributed by atoms with Gasteiger partial charge in [0, 0.05) is 37.4 Å². The maximum Gasteiger partial charge on any atom is 0.0425 e. The van der Waals surface area contributed by atoms with Gasteiger partial charge in [0.25, 0.3) is 0 Å². The van der Waals surface area contributed by atoms with Gasteiger partial charge < -0.3 is 0 Å². The van der Waals surface area contributed by atoms with Crippen LogP contribution in [0.4, 0.5) is 0 Å². The van der Waals surface area contributed by atoms with E-state index in [1.54, 1.807) is 0 Å². The first-order chi connectivity index (χ1) is 7.45. The lowest BCUT2D eigenvalue weighted by Crippen LogP contribution is -1.96. The highest BCUT2D eigenvalue weighted by Gasteiger charge is 2.59. The van der Waals surface area contributed by atoms with E-state index in [2.05, 4.69) is 50.1 Å². The fourth-order valence-corrected chi connectivity index (χ4v) is 3.44. The van der Waals surface area contributed by atoms with Crippen molar-refractivity contribution in [2.75, 3.05) is 13.1 Å². The number of fused-ring (bicyclic) bond motifs is 2. The van der Waals surface area contributed by atoms with Crippen LogP contribution < -0.4 is 0 Å². The van der Waals surface area contributed by atoms with Gasteiger partial charge in [-0.25, -0.2) is 0 Å². The fourth-order valence-electron chi connectivity index (χ4n) is 3.44. The third kappa shape index (κ3) is 3.27. The Labute approximate surface area is 139 Å². The van der Waals surface area contributed by atoms with E-state index in [4.69, 9.17) is 0 Å². The van der Waals surface area contributed by atoms with Crippen LogP contribution in [-0.4, -0.2) is 25.5 Å². The molecule has 2 saturated carbocycles. The first-order valence-corrected chi connectivity index (χ1v) is 6.45. The number of hydrogen-bond acceptors (Lipinski definition) is 2. The van der Waals surface area contributed by atoms with Crippen LogP contribution in [0.3, 0.4) is 0 Å². The Bertz CT molecular complexity index is 339. The fraction of sp³-hybridized carbons (Fsp3) is 0.875. The van der Waals surface area contributed by atoms with E-state index >= 15 is 0 Å². The van der Waals surface area contributed by atoms with Crippen LogP contribution in [0.25, 0.3) is 0 Å². The van der Waals surface area contributed by atoms with Crippen molar-refractivity contribution < 1.29 is 0 Å². The number of aliphatic imine (C=N–C) groups is 2. The second-order valence-corrected chi connectivity index (χ2v) is 6.94. The average molecular weight is 319 g/mol. The van der Waals surface area contributed by atoms with Crippen molar-refractivity contribution >= 4 is 39.4 Å². The monoisotopic (exact) mass is 318 g/mol. The molecule has 120 valence electrons. The predicted molar refractivity (Wildman–Crippen MR) is 102 cm³/mol. The largest absolute Gasteiger partial charge is 0.297 e. The molecule has 4 atom stereocenters. The highest BCUT2D eigenvalue weighted by Crippen LogP contribution is 2.59. The van der Waals surface area contributed by atoms with Crippen LogP contribution in [0.1, 0.15) is 42.5 Å². The van der Waals surface area contributed by atoms with Gasteiger partial charge in [-0.1, -0.05) is 42.5 Å². The van der Waals surface area contributed by atoms with Crippen LogP contribution in [-0.2, 0) is 0 Å². The molecule has 0 aromatic heterocycles. The summed E-state index contributed by atoms with van der Waals surface area (Å²) >= 11 is 0. The van der Waals surface area contributed by atoms with E-state index in [1.165, 1.54) is 0 Å². The molecule has 20 heavy (non-hydrogen) atoms. The molecule has 2 aliphatic carbocycles. The Hall–Kier alpha value is 0.0400. The van der Waals surface area contributed by atoms with E-state index in [0.29, 0.717) is 10.8 Å². The van der Waals surface area contributed by atoms with Crippen LogP contribution in [0.2, 0.25) is 0 Å². The van der Waals surface area contributed by atoms with Gasteiger partial charge in [-0.3, -0.25) is 9.98 Å². The summed E-state index contributed by atoms with van der Waals surface area (Å²) in [7, 11) is 0. The van der Waals surface area contributed by atoms with Crippen molar-refractivity contribution in [1.82, 2.24) is 0 Å². The van der Waals surface area contributed by atoms with Crippen LogP contribution in [0.5, 0.6) is 0 Å². The SMILES string of the molecule is C.C.CC1(C)[C@@H]2C=NC[C@@H]21.CC1(C)[C@@H]2CN=C[C@@H]21.S.S. The van der Waals surface area contributed by atoms with Gasteiger partial charge in [0.05, 0.1) is 0 Å². The molecular weight excluding hydrogens is 284 g/mol. The Morgan fingerprint density at radius 1 is 0.750 bits per heavy atom. The van der Waals surface area contributed by atoms with E-state index < -0.39 is 0 Å². The van der Waals surface area contributed by atoms with Crippen molar-refractivity contribution in [2.45, 2.75) is 42.5 Å². The molecule has 0 amide bonds. The topological polar surface area (TPSA) is 24.7 Å². The molecular formula is C16H34N2S2. The molecule has 2 aliphatic heterocycles. The highest BCUT2D eigenvalue weighted by molar-refractivity contribution is 7.59. The third-order valence-corrected chi connectivity index (χ3v) is 5.41. The molecule has 2 nitrogen and oxygen atoms in total. The Balaban J connectivity index is 0. The molecule has 4 heteroatoms. The Morgan fingerprint density at radius 3 is 1.15 bits per heavy atom. The summed E-state index contributed by atoms with van der Waals surface area (Å²) in [4.78, 5) is 8.37. The van der Waals surface area contributed by atoms with E-state index in [1.807, 2.05) is 0 Å². The zero-order chi connectivity index (χ0) is 11.6. The summed E-state index contributed by atoms with van der Waals surface area (Å²) in [5.41, 5.74) is 1.23. The molecule has 0 bridgehead atoms. The van der Waals surface area contributed by atoms with Crippen molar-refractivity contribution in [1.29, 1.82) is 0 Å². The van der Waals surface area contributed by atoms with Crippen LogP contribution >= 0.6 is 27.0 Å². The highest BCUT2D eigenvalue weighted by atomic mass is 32.1. The number of nitrogens with zero attached hydrogens (tertiary/aromatic N) is 2. The van der Waals surface area contributed by atoms with Crippen molar-refractivity contribution in [3.8, 4) is 0 Å². The quantitative estimate of drug-likeness (QED) is 0.640. The van der Waals surface area contributed by atoms with Crippen LogP contribution in [0.15, 0.2) is 9.98 Å². The lowest BCUT2D eigenvalue weighted by atomic mass is 10.1. The van der Waals surface area contributed by atoms with Gasteiger partial charge in [0.2, 0.25) is 0 Å². The molecule has 0 radical (unpaired) electrons. The second kappa shape index (κ2) is 6.87. The summed E-state index contributed by atoms with van der Waals surface area (Å²) < 4.78 is 0. The first-order valence-electron chi connectivity index (χ1n) is 6.45. The zero-order valence-electron chi connectivity index (χ0n) is 11.8. The zero-order valence-corrected chi connectivity index (χ0v) is 13.8. The maximum absolute atomic E-state index is 4.18. The summed E-state index contributed by atoms with van der Waals surface area (Å²) in [6.07, 6.45) is 4.26. The lowest BCUT2D eigenvalue weighted by molar-refractivity contribution is 0.552. The van der Waals surface area contributed by atoms with E-state index in [-0.39, 0.29) is 41.8 Å². The third-order valence-electron chi connectivity index (χ3n) is 5.41. The van der Waals surface area contributed by atoms with E-state index in [9.17, 15) is 0 Å². The smallest absolute Gasteiger partial charge is 0.0425 e. The minimum Gasteiger partial charge on any atom is -0.297 e. The molecule has 0 aromatic carbocycles. The molecule has 0 aromatic rings. The summed E-state index contributed by atoms with van der Waals surface area (Å²) in [6.45, 7) is 11.5. The van der Waals surface area contributed by atoms with Gasteiger partial charge >= 0.3 is 0 Å². The molecule has 4 rings (SSSR count). The molecule has 0 spiro atoms. The Kier molecular flexibility index (Phi) is 7.66. The van der Waals surface area contributed by atoms with Gasteiger partial charge in [0.1, 0.15) is 0 Å². The standard InChI is InChI=1S/2C7H11N.2CH4.2H2S/c2*1-7(2)5-3-8-4-6(5)7;;;;/h2*3,5-6H,4H2,1-2H3;2*1H4;2*1H2/t2*5-,6+;;;;/m10..../s1. The van der Waals surface area contributed by atoms with Crippen molar-refractivity contribution in [3.05, 3.63) is 0 Å². The molecule has 0 saturated heterocycles. The molecule has 2 heterocycles. The van der Waals surface area contributed by atoms with Gasteiger partial charge in [0.15, 0.2) is 0 Å². The minimum atomic E-state index is 0. The number of hydrogen-bond donors (Lipinski definition) is 0. The molecule has 0 unspecified atom stereocenters. The first kappa shape index (κ1) is 22.3. The van der Waals surface area contributed by atoms with Gasteiger partial charge in [-0.2, -0.15) is 27.0 Å². The molecule has 0 N–H and O–H groups in total. The summed E-state index contributed by atoms with van der Waals surface area (Å²) in [5, 5.41) is 0. The second-order valence-electron chi connectivity index (χ2n) is 6.94. The predicted octanol–water partition coefficient (Wildman–Crippen LogP) is 4.18. The molecule has 4 aliphatic rings. The summed E-state index contributed by atoms with van der Waals surface area (Å²) in [5.74, 6) is 3.48. The minimum absolute atomic E-state index is 0. The van der Waals surface area contributed by atoms with Gasteiger partial charge in [-0.05, 0) is 22.7 Å².